The molecule has 0 aromatic carbocycles. The summed E-state index contributed by atoms with van der Waals surface area (Å²) in [7, 11) is 0. The van der Waals surface area contributed by atoms with Gasteiger partial charge in [-0.2, -0.15) is 9.61 Å². The first-order valence-corrected chi connectivity index (χ1v) is 11.2. The Labute approximate surface area is 190 Å². The van der Waals surface area contributed by atoms with Crippen LogP contribution < -0.4 is 5.73 Å². The zero-order valence-electron chi connectivity index (χ0n) is 18.4. The van der Waals surface area contributed by atoms with Gasteiger partial charge in [0.2, 0.25) is 0 Å². The standard InChI is InChI=1S/C25H25N5O3/c1-14(31)21-22(16-6-8-17(9-7-16)25(32)33)29-24-19(13-28-30(24)23(21)26)18-10-11-20(27-12-18)15-4-2-3-5-15/h2,4-5,10-13,16-17H,3,6-9,26H2,1H3,(H,32,33). The number of pyridine rings is 1. The Bertz CT molecular complexity index is 1310. The van der Waals surface area contributed by atoms with Gasteiger partial charge in [-0.1, -0.05) is 24.3 Å². The highest BCUT2D eigenvalue weighted by Gasteiger charge is 2.31. The maximum absolute atomic E-state index is 12.5. The Balaban J connectivity index is 1.56. The zero-order chi connectivity index (χ0) is 23.1. The summed E-state index contributed by atoms with van der Waals surface area (Å²) < 4.78 is 1.51. The number of anilines is 1. The Kier molecular flexibility index (Phi) is 5.28. The van der Waals surface area contributed by atoms with Crippen molar-refractivity contribution in [1.29, 1.82) is 0 Å². The number of carboxylic acids is 1. The van der Waals surface area contributed by atoms with Crippen LogP contribution in [0.1, 0.15) is 66.7 Å². The smallest absolute Gasteiger partial charge is 0.306 e. The van der Waals surface area contributed by atoms with E-state index in [9.17, 15) is 14.7 Å². The number of hydrogen-bond donors (Lipinski definition) is 2. The Morgan fingerprint density at radius 3 is 2.55 bits per heavy atom. The lowest BCUT2D eigenvalue weighted by molar-refractivity contribution is -0.142. The number of nitrogen functional groups attached to an aromatic ring is 1. The van der Waals surface area contributed by atoms with E-state index in [1.807, 2.05) is 12.1 Å². The average Bonchev–Trinajstić information content (AvgIpc) is 3.49. The molecular weight excluding hydrogens is 418 g/mol. The summed E-state index contributed by atoms with van der Waals surface area (Å²) in [4.78, 5) is 33.4. The molecule has 2 aliphatic carbocycles. The molecule has 2 aliphatic rings. The summed E-state index contributed by atoms with van der Waals surface area (Å²) >= 11 is 0. The van der Waals surface area contributed by atoms with Gasteiger partial charge in [-0.3, -0.25) is 14.6 Å². The number of Topliss-reactive ketones (excluding diaryl/α,β-unsaturated/α-hetero) is 1. The Hall–Kier alpha value is -3.81. The first-order chi connectivity index (χ1) is 15.9. The van der Waals surface area contributed by atoms with Gasteiger partial charge < -0.3 is 10.8 Å². The molecule has 0 atom stereocenters. The molecule has 0 spiro atoms. The Morgan fingerprint density at radius 1 is 1.15 bits per heavy atom. The molecule has 3 heterocycles. The third-order valence-corrected chi connectivity index (χ3v) is 6.67. The predicted octanol–water partition coefficient (Wildman–Crippen LogP) is 4.28. The van der Waals surface area contributed by atoms with E-state index in [0.717, 1.165) is 28.8 Å². The quantitative estimate of drug-likeness (QED) is 0.564. The summed E-state index contributed by atoms with van der Waals surface area (Å²) in [5, 5.41) is 13.7. The van der Waals surface area contributed by atoms with Crippen LogP contribution in [0.25, 0.3) is 22.3 Å². The van der Waals surface area contributed by atoms with Gasteiger partial charge in [-0.05, 0) is 50.7 Å². The highest BCUT2D eigenvalue weighted by atomic mass is 16.4. The third-order valence-electron chi connectivity index (χ3n) is 6.67. The lowest BCUT2D eigenvalue weighted by atomic mass is 9.79. The molecule has 0 saturated heterocycles. The van der Waals surface area contributed by atoms with Crippen molar-refractivity contribution in [2.75, 3.05) is 5.73 Å². The monoisotopic (exact) mass is 443 g/mol. The molecule has 8 heteroatoms. The lowest BCUT2D eigenvalue weighted by Gasteiger charge is -2.27. The summed E-state index contributed by atoms with van der Waals surface area (Å²) in [6.45, 7) is 1.48. The molecule has 0 amide bonds. The van der Waals surface area contributed by atoms with E-state index < -0.39 is 5.97 Å². The summed E-state index contributed by atoms with van der Waals surface area (Å²) in [5.41, 5.74) is 11.7. The van der Waals surface area contributed by atoms with Gasteiger partial charge in [0.1, 0.15) is 5.82 Å². The molecule has 5 rings (SSSR count). The number of fused-ring (bicyclic) bond motifs is 1. The van der Waals surface area contributed by atoms with Crippen molar-refractivity contribution >= 4 is 28.8 Å². The predicted molar refractivity (Wildman–Crippen MR) is 125 cm³/mol. The van der Waals surface area contributed by atoms with E-state index >= 15 is 0 Å². The molecule has 3 aromatic heterocycles. The van der Waals surface area contributed by atoms with Crippen molar-refractivity contribution in [2.24, 2.45) is 5.92 Å². The normalized spacial score (nSPS) is 20.2. The van der Waals surface area contributed by atoms with Gasteiger partial charge in [0.25, 0.3) is 0 Å². The number of nitrogens with two attached hydrogens (primary N) is 1. The van der Waals surface area contributed by atoms with Crippen LogP contribution in [0.3, 0.4) is 0 Å². The van der Waals surface area contributed by atoms with Crippen LogP contribution in [0.4, 0.5) is 5.82 Å². The molecular formula is C25H25N5O3. The molecule has 3 aromatic rings. The number of carbonyl (C=O) groups is 2. The lowest BCUT2D eigenvalue weighted by Crippen LogP contribution is -2.23. The van der Waals surface area contributed by atoms with E-state index in [-0.39, 0.29) is 23.4 Å². The summed E-state index contributed by atoms with van der Waals surface area (Å²) in [6.07, 6.45) is 13.1. The molecule has 3 N–H and O–H groups in total. The second kappa shape index (κ2) is 8.27. The second-order valence-corrected chi connectivity index (χ2v) is 8.72. The van der Waals surface area contributed by atoms with Crippen LogP contribution in [-0.4, -0.2) is 36.4 Å². The number of allylic oxidation sites excluding steroid dienone is 4. The van der Waals surface area contributed by atoms with E-state index in [2.05, 4.69) is 28.3 Å². The number of nitrogens with zero attached hydrogens (tertiary/aromatic N) is 4. The third kappa shape index (κ3) is 3.71. The second-order valence-electron chi connectivity index (χ2n) is 8.72. The highest BCUT2D eigenvalue weighted by molar-refractivity contribution is 6.00. The summed E-state index contributed by atoms with van der Waals surface area (Å²) in [6, 6.07) is 3.96. The fourth-order valence-corrected chi connectivity index (χ4v) is 4.88. The van der Waals surface area contributed by atoms with Crippen molar-refractivity contribution < 1.29 is 14.7 Å². The molecule has 1 saturated carbocycles. The first kappa shape index (κ1) is 21.1. The van der Waals surface area contributed by atoms with Gasteiger partial charge in [-0.25, -0.2) is 4.98 Å². The van der Waals surface area contributed by atoms with Crippen LogP contribution >= 0.6 is 0 Å². The SMILES string of the molecule is CC(=O)c1c(C2CCC(C(=O)O)CC2)nc2c(-c3ccc(C4=CCC=C4)nc3)cnn2c1N. The minimum absolute atomic E-state index is 0.0175. The highest BCUT2D eigenvalue weighted by Crippen LogP contribution is 2.39. The maximum Gasteiger partial charge on any atom is 0.306 e. The molecule has 0 aliphatic heterocycles. The topological polar surface area (TPSA) is 123 Å². The largest absolute Gasteiger partial charge is 0.481 e. The van der Waals surface area contributed by atoms with Gasteiger partial charge in [0, 0.05) is 23.2 Å². The van der Waals surface area contributed by atoms with Crippen LogP contribution in [-0.2, 0) is 4.79 Å². The minimum atomic E-state index is -0.763. The van der Waals surface area contributed by atoms with Gasteiger partial charge in [-0.15, -0.1) is 0 Å². The zero-order valence-corrected chi connectivity index (χ0v) is 18.4. The van der Waals surface area contributed by atoms with Gasteiger partial charge >= 0.3 is 5.97 Å². The summed E-state index contributed by atoms with van der Waals surface area (Å²) in [5.74, 6) is -1.03. The maximum atomic E-state index is 12.5. The number of carbonyl (C=O) groups excluding carboxylic acids is 1. The number of carboxylic acid groups (broad SMARTS) is 1. The van der Waals surface area contributed by atoms with Gasteiger partial charge in [0.05, 0.1) is 29.1 Å². The molecule has 1 fully saturated rings. The van der Waals surface area contributed by atoms with E-state index in [4.69, 9.17) is 10.7 Å². The number of ketones is 1. The molecule has 0 bridgehead atoms. The molecule has 168 valence electrons. The molecule has 0 unspecified atom stereocenters. The van der Waals surface area contributed by atoms with Crippen LogP contribution in [0.2, 0.25) is 0 Å². The van der Waals surface area contributed by atoms with Crippen molar-refractivity contribution in [3.8, 4) is 11.1 Å². The Morgan fingerprint density at radius 2 is 1.94 bits per heavy atom. The number of aliphatic carboxylic acids is 1. The van der Waals surface area contributed by atoms with Crippen molar-refractivity contribution in [2.45, 2.75) is 44.9 Å². The number of hydrogen-bond acceptors (Lipinski definition) is 6. The fraction of sp³-hybridized carbons (Fsp3) is 0.320. The van der Waals surface area contributed by atoms with E-state index in [1.165, 1.54) is 11.4 Å². The van der Waals surface area contributed by atoms with E-state index in [0.29, 0.717) is 42.6 Å². The molecule has 0 radical (unpaired) electrons. The fourth-order valence-electron chi connectivity index (χ4n) is 4.88. The minimum Gasteiger partial charge on any atom is -0.481 e. The van der Waals surface area contributed by atoms with Crippen LogP contribution in [0, 0.1) is 5.92 Å². The molecule has 33 heavy (non-hydrogen) atoms. The van der Waals surface area contributed by atoms with Gasteiger partial charge in [0.15, 0.2) is 11.4 Å². The van der Waals surface area contributed by atoms with Crippen LogP contribution in [0.15, 0.2) is 42.8 Å². The van der Waals surface area contributed by atoms with E-state index in [1.54, 1.807) is 12.4 Å². The van der Waals surface area contributed by atoms with Crippen molar-refractivity contribution in [1.82, 2.24) is 19.6 Å². The number of aromatic nitrogens is 4. The molecule has 8 nitrogen and oxygen atoms in total. The van der Waals surface area contributed by atoms with Crippen LogP contribution in [0.5, 0.6) is 0 Å². The number of rotatable bonds is 5. The van der Waals surface area contributed by atoms with Crippen molar-refractivity contribution in [3.63, 3.8) is 0 Å². The first-order valence-electron chi connectivity index (χ1n) is 11.2. The van der Waals surface area contributed by atoms with Crippen molar-refractivity contribution in [3.05, 3.63) is 59.7 Å². The average molecular weight is 444 g/mol.